The molecule has 3 aromatic rings. The van der Waals surface area contributed by atoms with E-state index in [1.165, 1.54) is 4.68 Å². The Morgan fingerprint density at radius 1 is 1.19 bits per heavy atom. The van der Waals surface area contributed by atoms with Crippen LogP contribution >= 0.6 is 12.2 Å². The molecule has 31 heavy (non-hydrogen) atoms. The Morgan fingerprint density at radius 3 is 2.71 bits per heavy atom. The Kier molecular flexibility index (Phi) is 7.19. The first-order valence-corrected chi connectivity index (χ1v) is 10.1. The summed E-state index contributed by atoms with van der Waals surface area (Å²) in [5.41, 5.74) is 1.79. The van der Waals surface area contributed by atoms with E-state index in [4.69, 9.17) is 26.1 Å². The molecule has 8 nitrogen and oxygen atoms in total. The van der Waals surface area contributed by atoms with E-state index in [0.29, 0.717) is 17.0 Å². The zero-order valence-electron chi connectivity index (χ0n) is 17.5. The average Bonchev–Trinajstić information content (AvgIpc) is 3.06. The number of amides is 1. The fourth-order valence-electron chi connectivity index (χ4n) is 2.71. The molecule has 162 valence electrons. The van der Waals surface area contributed by atoms with E-state index in [-0.39, 0.29) is 35.9 Å². The number of ether oxygens (including phenoxy) is 2. The van der Waals surface area contributed by atoms with Gasteiger partial charge in [-0.05, 0) is 62.8 Å². The average molecular weight is 442 g/mol. The standard InChI is InChI=1S/C22H23N3O5S/c1-14(2)29-21(27)16-8-6-9-17(11-16)23-19(26)12-25-22(31)30-20(24-25)13-28-18-10-5-4-7-15(18)3/h4-11,14H,12-13H2,1-3H3,(H,23,26). The van der Waals surface area contributed by atoms with Gasteiger partial charge in [0.25, 0.3) is 10.7 Å². The maximum Gasteiger partial charge on any atom is 0.338 e. The van der Waals surface area contributed by atoms with E-state index < -0.39 is 5.97 Å². The Hall–Kier alpha value is -3.46. The van der Waals surface area contributed by atoms with Gasteiger partial charge in [-0.15, -0.1) is 5.10 Å². The van der Waals surface area contributed by atoms with E-state index in [9.17, 15) is 9.59 Å². The van der Waals surface area contributed by atoms with Gasteiger partial charge in [0.15, 0.2) is 6.61 Å². The van der Waals surface area contributed by atoms with Crippen molar-refractivity contribution in [1.82, 2.24) is 9.78 Å². The van der Waals surface area contributed by atoms with Crippen molar-refractivity contribution in [2.24, 2.45) is 0 Å². The number of aryl methyl sites for hydroxylation is 1. The fraction of sp³-hybridized carbons (Fsp3) is 0.273. The molecule has 9 heteroatoms. The van der Waals surface area contributed by atoms with Gasteiger partial charge in [0.2, 0.25) is 5.91 Å². The van der Waals surface area contributed by atoms with Gasteiger partial charge in [-0.25, -0.2) is 9.48 Å². The molecule has 3 rings (SSSR count). The van der Waals surface area contributed by atoms with Crippen LogP contribution in [0.4, 0.5) is 5.69 Å². The summed E-state index contributed by atoms with van der Waals surface area (Å²) in [7, 11) is 0. The van der Waals surface area contributed by atoms with E-state index in [2.05, 4.69) is 10.4 Å². The predicted octanol–water partition coefficient (Wildman–Crippen LogP) is 4.30. The van der Waals surface area contributed by atoms with Crippen molar-refractivity contribution in [2.45, 2.75) is 40.0 Å². The summed E-state index contributed by atoms with van der Waals surface area (Å²) in [5, 5.41) is 6.91. The van der Waals surface area contributed by atoms with E-state index in [0.717, 1.165) is 5.56 Å². The zero-order valence-corrected chi connectivity index (χ0v) is 18.3. The lowest BCUT2D eigenvalue weighted by molar-refractivity contribution is -0.117. The van der Waals surface area contributed by atoms with Crippen molar-refractivity contribution < 1.29 is 23.5 Å². The third kappa shape index (κ3) is 6.26. The lowest BCUT2D eigenvalue weighted by atomic mass is 10.2. The molecule has 0 spiro atoms. The van der Waals surface area contributed by atoms with Crippen molar-refractivity contribution in [3.05, 3.63) is 70.4 Å². The molecule has 0 atom stereocenters. The molecular weight excluding hydrogens is 418 g/mol. The molecule has 0 saturated heterocycles. The van der Waals surface area contributed by atoms with Gasteiger partial charge in [0, 0.05) is 5.69 Å². The lowest BCUT2D eigenvalue weighted by Gasteiger charge is -2.09. The molecule has 0 aliphatic heterocycles. The van der Waals surface area contributed by atoms with Crippen molar-refractivity contribution in [3.63, 3.8) is 0 Å². The summed E-state index contributed by atoms with van der Waals surface area (Å²) in [6, 6.07) is 14.1. The summed E-state index contributed by atoms with van der Waals surface area (Å²) in [5.74, 6) is 0.152. The second-order valence-corrected chi connectivity index (χ2v) is 7.41. The number of aromatic nitrogens is 2. The summed E-state index contributed by atoms with van der Waals surface area (Å²) in [4.78, 5) is 24.5. The quantitative estimate of drug-likeness (QED) is 0.411. The van der Waals surface area contributed by atoms with Gasteiger partial charge in [-0.3, -0.25) is 4.79 Å². The predicted molar refractivity (Wildman–Crippen MR) is 116 cm³/mol. The first-order chi connectivity index (χ1) is 14.8. The highest BCUT2D eigenvalue weighted by Crippen LogP contribution is 2.18. The third-order valence-electron chi connectivity index (χ3n) is 4.11. The minimum absolute atomic E-state index is 0.0628. The van der Waals surface area contributed by atoms with Crippen molar-refractivity contribution >= 4 is 29.8 Å². The Bertz CT molecular complexity index is 1140. The van der Waals surface area contributed by atoms with E-state index in [1.807, 2.05) is 31.2 Å². The number of para-hydroxylation sites is 1. The first-order valence-electron chi connectivity index (χ1n) is 9.68. The minimum atomic E-state index is -0.455. The number of benzene rings is 2. The highest BCUT2D eigenvalue weighted by Gasteiger charge is 2.13. The SMILES string of the molecule is Cc1ccccc1OCc1nn(CC(=O)Nc2cccc(C(=O)OC(C)C)c2)c(=S)o1. The Morgan fingerprint density at radius 2 is 1.97 bits per heavy atom. The van der Waals surface area contributed by atoms with E-state index in [1.54, 1.807) is 38.1 Å². The number of nitrogens with zero attached hydrogens (tertiary/aromatic N) is 2. The zero-order chi connectivity index (χ0) is 22.4. The molecule has 1 N–H and O–H groups in total. The summed E-state index contributed by atoms with van der Waals surface area (Å²) in [6.07, 6.45) is -0.233. The van der Waals surface area contributed by atoms with Gasteiger partial charge in [0.1, 0.15) is 12.3 Å². The van der Waals surface area contributed by atoms with Gasteiger partial charge < -0.3 is 19.2 Å². The smallest absolute Gasteiger partial charge is 0.338 e. The normalized spacial score (nSPS) is 10.7. The molecule has 1 amide bonds. The fourth-order valence-corrected chi connectivity index (χ4v) is 2.91. The molecular formula is C22H23N3O5S. The monoisotopic (exact) mass is 441 g/mol. The minimum Gasteiger partial charge on any atom is -0.484 e. The third-order valence-corrected chi connectivity index (χ3v) is 4.41. The van der Waals surface area contributed by atoms with Crippen molar-refractivity contribution in [1.29, 1.82) is 0 Å². The number of rotatable bonds is 8. The Labute approximate surface area is 184 Å². The van der Waals surface area contributed by atoms with Crippen LogP contribution < -0.4 is 10.1 Å². The van der Waals surface area contributed by atoms with Crippen LogP contribution in [-0.4, -0.2) is 27.8 Å². The van der Waals surface area contributed by atoms with Crippen molar-refractivity contribution in [3.8, 4) is 5.75 Å². The maximum absolute atomic E-state index is 12.4. The second kappa shape index (κ2) is 10.0. The van der Waals surface area contributed by atoms with Crippen LogP contribution in [0.1, 0.15) is 35.7 Å². The highest BCUT2D eigenvalue weighted by atomic mass is 32.1. The molecule has 0 bridgehead atoms. The number of esters is 1. The van der Waals surface area contributed by atoms with Gasteiger partial charge in [-0.1, -0.05) is 24.3 Å². The topological polar surface area (TPSA) is 95.6 Å². The molecule has 0 radical (unpaired) electrons. The van der Waals surface area contributed by atoms with Crippen LogP contribution in [0.15, 0.2) is 52.9 Å². The van der Waals surface area contributed by atoms with Crippen LogP contribution in [0, 0.1) is 11.8 Å². The Balaban J connectivity index is 1.60. The summed E-state index contributed by atoms with van der Waals surface area (Å²) >= 11 is 5.14. The van der Waals surface area contributed by atoms with Crippen molar-refractivity contribution in [2.75, 3.05) is 5.32 Å². The van der Waals surface area contributed by atoms with Crippen LogP contribution in [-0.2, 0) is 22.7 Å². The largest absolute Gasteiger partial charge is 0.484 e. The first kappa shape index (κ1) is 22.2. The molecule has 0 fully saturated rings. The molecule has 0 saturated carbocycles. The lowest BCUT2D eigenvalue weighted by Crippen LogP contribution is -2.20. The number of carbonyl (C=O) groups excluding carboxylic acids is 2. The van der Waals surface area contributed by atoms with Gasteiger partial charge in [0.05, 0.1) is 11.7 Å². The summed E-state index contributed by atoms with van der Waals surface area (Å²) in [6.45, 7) is 5.42. The van der Waals surface area contributed by atoms with E-state index >= 15 is 0 Å². The molecule has 1 aromatic heterocycles. The van der Waals surface area contributed by atoms with Crippen LogP contribution in [0.2, 0.25) is 0 Å². The summed E-state index contributed by atoms with van der Waals surface area (Å²) < 4.78 is 17.6. The van der Waals surface area contributed by atoms with Gasteiger partial charge in [-0.2, -0.15) is 0 Å². The maximum atomic E-state index is 12.4. The molecule has 2 aromatic carbocycles. The number of nitrogens with one attached hydrogen (secondary N) is 1. The number of hydrogen-bond donors (Lipinski definition) is 1. The van der Waals surface area contributed by atoms with Gasteiger partial charge >= 0.3 is 5.97 Å². The number of anilines is 1. The molecule has 0 unspecified atom stereocenters. The van der Waals surface area contributed by atoms with Crippen LogP contribution in [0.3, 0.4) is 0 Å². The number of hydrogen-bond acceptors (Lipinski definition) is 7. The molecule has 1 heterocycles. The highest BCUT2D eigenvalue weighted by molar-refractivity contribution is 7.71. The molecule has 0 aliphatic rings. The second-order valence-electron chi connectivity index (χ2n) is 7.06. The number of carbonyl (C=O) groups is 2. The molecule has 0 aliphatic carbocycles. The van der Waals surface area contributed by atoms with Crippen LogP contribution in [0.25, 0.3) is 0 Å². The van der Waals surface area contributed by atoms with Crippen LogP contribution in [0.5, 0.6) is 5.75 Å².